The van der Waals surface area contributed by atoms with E-state index < -0.39 is 55.2 Å². The molecule has 7 fully saturated rings. The Morgan fingerprint density at radius 3 is 1.72 bits per heavy atom. The standard InChI is InChI=1S/C53H92N2O12S2/c1-7-8-9-40-47(36-13-12-35(28-36)33(2)10-16-45(58)54-24-26-68(62,63)64)43(56)29-37-31-52(60,22-20-49(37,40)4)53(61)23-21-50(5)38(32-53)30-44(57)48-41-15-14-39(51(41,6)19-18-42(48)50)34(3)11-17-46(59)55-25-27-69(65,66)67/h33-44,47-48,56-57,60-61H,7-32H2,1-6H3,(H,54,58)(H,55,59)(H,62,63,64)(H,65,66,67)/t33-,34-,35+,36-,37?,38?,39-,40+,41+,42+,43+,44+,47+,48+,49+,50+,51-,52?,53?/m1/s1. The molecule has 7 saturated carbocycles. The third kappa shape index (κ3) is 11.5. The van der Waals surface area contributed by atoms with Crippen molar-refractivity contribution in [1.82, 2.24) is 10.6 Å². The zero-order valence-electron chi connectivity index (χ0n) is 42.9. The Labute approximate surface area is 415 Å². The largest absolute Gasteiger partial charge is 0.393 e. The second-order valence-electron chi connectivity index (χ2n) is 25.5. The Balaban J connectivity index is 0.971. The highest BCUT2D eigenvalue weighted by Crippen LogP contribution is 2.71. The topological polar surface area (TPSA) is 248 Å². The number of carbonyl (C=O) groups excluding carboxylic acids is 2. The fraction of sp³-hybridized carbons (Fsp3) is 0.962. The molecular formula is C53H92N2O12S2. The number of fused-ring (bicyclic) bond motifs is 6. The van der Waals surface area contributed by atoms with Crippen LogP contribution in [0.4, 0.5) is 0 Å². The minimum absolute atomic E-state index is 0.0423. The summed E-state index contributed by atoms with van der Waals surface area (Å²) < 4.78 is 62.3. The summed E-state index contributed by atoms with van der Waals surface area (Å²) >= 11 is 0. The molecule has 7 aliphatic carbocycles. The van der Waals surface area contributed by atoms with Crippen LogP contribution >= 0.6 is 0 Å². The molecular weight excluding hydrogens is 921 g/mol. The minimum Gasteiger partial charge on any atom is -0.393 e. The van der Waals surface area contributed by atoms with Crippen LogP contribution in [-0.2, 0) is 29.8 Å². The van der Waals surface area contributed by atoms with E-state index in [0.29, 0.717) is 106 Å². The van der Waals surface area contributed by atoms with Gasteiger partial charge in [-0.1, -0.05) is 54.4 Å². The van der Waals surface area contributed by atoms with Crippen molar-refractivity contribution < 1.29 is 56.0 Å². The van der Waals surface area contributed by atoms with Crippen LogP contribution in [0.25, 0.3) is 0 Å². The predicted molar refractivity (Wildman–Crippen MR) is 266 cm³/mol. The van der Waals surface area contributed by atoms with Gasteiger partial charge in [-0.25, -0.2) is 0 Å². The van der Waals surface area contributed by atoms with Gasteiger partial charge in [-0.15, -0.1) is 0 Å². The van der Waals surface area contributed by atoms with E-state index in [1.54, 1.807) is 0 Å². The Hall–Kier alpha value is -1.40. The lowest BCUT2D eigenvalue weighted by atomic mass is 9.41. The van der Waals surface area contributed by atoms with Crippen molar-refractivity contribution in [2.45, 2.75) is 206 Å². The maximum atomic E-state index is 12.9. The van der Waals surface area contributed by atoms with E-state index in [-0.39, 0.29) is 70.7 Å². The second-order valence-corrected chi connectivity index (χ2v) is 28.6. The van der Waals surface area contributed by atoms with E-state index in [9.17, 15) is 46.9 Å². The van der Waals surface area contributed by atoms with Crippen molar-refractivity contribution in [3.8, 4) is 0 Å². The first-order valence-corrected chi connectivity index (χ1v) is 30.6. The van der Waals surface area contributed by atoms with Crippen LogP contribution in [0.5, 0.6) is 0 Å². The molecule has 0 radical (unpaired) electrons. The molecule has 2 amide bonds. The molecule has 0 saturated heterocycles. The first-order chi connectivity index (χ1) is 32.2. The number of rotatable bonds is 19. The van der Waals surface area contributed by atoms with Crippen LogP contribution in [0, 0.1) is 87.3 Å². The summed E-state index contributed by atoms with van der Waals surface area (Å²) in [6.07, 6.45) is 16.4. The number of unbranched alkanes of at least 4 members (excludes halogenated alkanes) is 1. The molecule has 398 valence electrons. The second kappa shape index (κ2) is 21.1. The molecule has 0 aromatic carbocycles. The zero-order valence-corrected chi connectivity index (χ0v) is 44.5. The van der Waals surface area contributed by atoms with Crippen LogP contribution in [-0.4, -0.2) is 106 Å². The van der Waals surface area contributed by atoms with Gasteiger partial charge in [0.05, 0.1) is 34.9 Å². The van der Waals surface area contributed by atoms with Crippen LogP contribution in [0.1, 0.15) is 183 Å². The van der Waals surface area contributed by atoms with Crippen molar-refractivity contribution >= 4 is 32.1 Å². The molecule has 0 bridgehead atoms. The van der Waals surface area contributed by atoms with E-state index >= 15 is 0 Å². The van der Waals surface area contributed by atoms with Gasteiger partial charge in [0.1, 0.15) is 0 Å². The number of aliphatic hydroxyl groups excluding tert-OH is 2. The Morgan fingerprint density at radius 2 is 1.16 bits per heavy atom. The van der Waals surface area contributed by atoms with E-state index in [2.05, 4.69) is 52.2 Å². The van der Waals surface area contributed by atoms with Gasteiger partial charge in [0.15, 0.2) is 0 Å². The number of aliphatic hydroxyl groups is 4. The molecule has 0 aliphatic heterocycles. The molecule has 19 atom stereocenters. The number of hydrogen-bond acceptors (Lipinski definition) is 10. The van der Waals surface area contributed by atoms with Gasteiger partial charge < -0.3 is 31.1 Å². The Morgan fingerprint density at radius 1 is 0.638 bits per heavy atom. The molecule has 14 nitrogen and oxygen atoms in total. The van der Waals surface area contributed by atoms with E-state index in [0.717, 1.165) is 77.0 Å². The first-order valence-electron chi connectivity index (χ1n) is 27.4. The van der Waals surface area contributed by atoms with E-state index in [1.807, 2.05) is 0 Å². The highest BCUT2D eigenvalue weighted by Gasteiger charge is 2.68. The molecule has 8 N–H and O–H groups in total. The van der Waals surface area contributed by atoms with Crippen LogP contribution in [0.3, 0.4) is 0 Å². The summed E-state index contributed by atoms with van der Waals surface area (Å²) in [5, 5.41) is 55.6. The Bertz CT molecular complexity index is 2040. The number of hydrogen-bond donors (Lipinski definition) is 8. The maximum Gasteiger partial charge on any atom is 0.266 e. The highest BCUT2D eigenvalue weighted by atomic mass is 32.2. The van der Waals surface area contributed by atoms with Gasteiger partial charge in [0.25, 0.3) is 20.2 Å². The average molecular weight is 1010 g/mol. The van der Waals surface area contributed by atoms with Gasteiger partial charge in [-0.2, -0.15) is 16.8 Å². The Kier molecular flexibility index (Phi) is 16.9. The van der Waals surface area contributed by atoms with Gasteiger partial charge in [-0.3, -0.25) is 18.7 Å². The number of amides is 2. The minimum atomic E-state index is -4.14. The molecule has 0 heterocycles. The molecule has 7 aliphatic rings. The number of nitrogens with one attached hydrogen (secondary N) is 2. The van der Waals surface area contributed by atoms with Crippen molar-refractivity contribution in [3.63, 3.8) is 0 Å². The SMILES string of the molecule is CCCC[C@H]1[C@H]([C@@H]2CC[C@H]([C@H](C)CCC(=O)NCCS(=O)(=O)O)C2)[C@@H](O)CC2CC(O)(C3(O)CC[C@@]4(C)C(C[C@H](O)[C@H]5[C@@H]6CC[C@H]([C@H](C)CCC(=O)NCCS(=O)(=O)O)[C@@]6(C)CC[C@@H]54)C3)CC[C@@]21C. The van der Waals surface area contributed by atoms with Crippen molar-refractivity contribution in [2.75, 3.05) is 24.6 Å². The monoisotopic (exact) mass is 1010 g/mol. The third-order valence-corrected chi connectivity index (χ3v) is 23.4. The van der Waals surface area contributed by atoms with Crippen molar-refractivity contribution in [3.05, 3.63) is 0 Å². The number of carbonyl (C=O) groups is 2. The maximum absolute atomic E-state index is 12.9. The summed E-state index contributed by atoms with van der Waals surface area (Å²) in [7, 11) is -8.27. The van der Waals surface area contributed by atoms with E-state index in [1.165, 1.54) is 0 Å². The van der Waals surface area contributed by atoms with Gasteiger partial charge in [-0.05, 0) is 203 Å². The van der Waals surface area contributed by atoms with E-state index in [4.69, 9.17) is 9.11 Å². The fourth-order valence-electron chi connectivity index (χ4n) is 17.9. The van der Waals surface area contributed by atoms with Crippen molar-refractivity contribution in [2.24, 2.45) is 87.3 Å². The molecule has 16 heteroatoms. The molecule has 0 spiro atoms. The lowest BCUT2D eigenvalue weighted by Gasteiger charge is -2.66. The van der Waals surface area contributed by atoms with Crippen LogP contribution in [0.15, 0.2) is 0 Å². The average Bonchev–Trinajstić information content (AvgIpc) is 3.89. The fourth-order valence-corrected chi connectivity index (χ4v) is 18.7. The normalized spacial score (nSPS) is 44.2. The van der Waals surface area contributed by atoms with Gasteiger partial charge in [0.2, 0.25) is 11.8 Å². The molecule has 0 aromatic rings. The smallest absolute Gasteiger partial charge is 0.266 e. The molecule has 7 rings (SSSR count). The highest BCUT2D eigenvalue weighted by molar-refractivity contribution is 7.86. The summed E-state index contributed by atoms with van der Waals surface area (Å²) in [6, 6.07) is 0. The zero-order chi connectivity index (χ0) is 50.5. The molecule has 0 aromatic heterocycles. The predicted octanol–water partition coefficient (Wildman–Crippen LogP) is 7.33. The summed E-state index contributed by atoms with van der Waals surface area (Å²) in [6.45, 7) is 13.7. The lowest BCUT2D eigenvalue weighted by Crippen LogP contribution is -2.67. The van der Waals surface area contributed by atoms with Crippen LogP contribution in [0.2, 0.25) is 0 Å². The van der Waals surface area contributed by atoms with Crippen molar-refractivity contribution in [1.29, 1.82) is 0 Å². The van der Waals surface area contributed by atoms with Gasteiger partial charge in [0, 0.05) is 25.9 Å². The molecule has 4 unspecified atom stereocenters. The third-order valence-electron chi connectivity index (χ3n) is 22.0. The summed E-state index contributed by atoms with van der Waals surface area (Å²) in [5.74, 6) is 1.90. The quantitative estimate of drug-likeness (QED) is 0.0593. The van der Waals surface area contributed by atoms with Crippen LogP contribution < -0.4 is 10.6 Å². The van der Waals surface area contributed by atoms with Gasteiger partial charge >= 0.3 is 0 Å². The summed E-state index contributed by atoms with van der Waals surface area (Å²) in [5.41, 5.74) is -2.64. The summed E-state index contributed by atoms with van der Waals surface area (Å²) in [4.78, 5) is 25.0. The molecule has 69 heavy (non-hydrogen) atoms. The lowest BCUT2D eigenvalue weighted by molar-refractivity contribution is -0.257. The first kappa shape index (κ1) is 55.4.